The number of alkyl halides is 3. The third-order valence-corrected chi connectivity index (χ3v) is 2.80. The van der Waals surface area contributed by atoms with Gasteiger partial charge in [-0.25, -0.2) is 4.68 Å². The fourth-order valence-electron chi connectivity index (χ4n) is 1.76. The van der Waals surface area contributed by atoms with Gasteiger partial charge in [-0.2, -0.15) is 13.2 Å². The zero-order valence-electron chi connectivity index (χ0n) is 10.1. The van der Waals surface area contributed by atoms with Crippen molar-refractivity contribution in [3.8, 4) is 0 Å². The first-order chi connectivity index (χ1) is 8.88. The summed E-state index contributed by atoms with van der Waals surface area (Å²) in [4.78, 5) is 0. The lowest BCUT2D eigenvalue weighted by molar-refractivity contribution is -0.137. The van der Waals surface area contributed by atoms with Crippen LogP contribution in [0.15, 0.2) is 30.5 Å². The molecule has 0 radical (unpaired) electrons. The quantitative estimate of drug-likeness (QED) is 0.930. The summed E-state index contributed by atoms with van der Waals surface area (Å²) in [5.41, 5.74) is 0.425. The minimum Gasteiger partial charge on any atom is -0.386 e. The molecule has 1 N–H and O–H groups in total. The molecule has 1 aromatic heterocycles. The highest BCUT2D eigenvalue weighted by molar-refractivity contribution is 5.25. The molecule has 0 fully saturated rings. The average Bonchev–Trinajstić information content (AvgIpc) is 2.75. The van der Waals surface area contributed by atoms with Crippen molar-refractivity contribution in [1.82, 2.24) is 15.0 Å². The third kappa shape index (κ3) is 3.11. The normalized spacial score (nSPS) is 13.5. The third-order valence-electron chi connectivity index (χ3n) is 2.80. The molecular formula is C12H12F3N3O. The van der Waals surface area contributed by atoms with Crippen molar-refractivity contribution in [3.05, 3.63) is 47.3 Å². The minimum atomic E-state index is -4.34. The summed E-state index contributed by atoms with van der Waals surface area (Å²) >= 11 is 0. The van der Waals surface area contributed by atoms with Crippen molar-refractivity contribution in [3.63, 3.8) is 0 Å². The SMILES string of the molecule is Cn1nncc1C(O)Cc1ccc(C(F)(F)F)cc1. The van der Waals surface area contributed by atoms with Crippen LogP contribution in [0.25, 0.3) is 0 Å². The lowest BCUT2D eigenvalue weighted by Gasteiger charge is -2.11. The smallest absolute Gasteiger partial charge is 0.386 e. The Bertz CT molecular complexity index is 548. The Hall–Kier alpha value is -1.89. The second-order valence-corrected chi connectivity index (χ2v) is 4.20. The maximum Gasteiger partial charge on any atom is 0.416 e. The molecule has 1 aromatic carbocycles. The van der Waals surface area contributed by atoms with E-state index in [1.807, 2.05) is 0 Å². The molecule has 0 aliphatic rings. The van der Waals surface area contributed by atoms with Gasteiger partial charge in [0, 0.05) is 13.5 Å². The molecule has 1 heterocycles. The van der Waals surface area contributed by atoms with Crippen LogP contribution in [0, 0.1) is 0 Å². The minimum absolute atomic E-state index is 0.208. The molecule has 0 amide bonds. The number of aliphatic hydroxyl groups excluding tert-OH is 1. The van der Waals surface area contributed by atoms with E-state index in [-0.39, 0.29) is 6.42 Å². The summed E-state index contributed by atoms with van der Waals surface area (Å²) in [5, 5.41) is 17.3. The summed E-state index contributed by atoms with van der Waals surface area (Å²) in [6, 6.07) is 4.72. The molecule has 0 aliphatic heterocycles. The standard InChI is InChI=1S/C12H12F3N3O/c1-18-10(7-16-17-18)11(19)6-8-2-4-9(5-3-8)12(13,14)15/h2-5,7,11,19H,6H2,1H3. The van der Waals surface area contributed by atoms with Crippen molar-refractivity contribution in [2.45, 2.75) is 18.7 Å². The molecule has 0 saturated carbocycles. The van der Waals surface area contributed by atoms with Crippen molar-refractivity contribution < 1.29 is 18.3 Å². The van der Waals surface area contributed by atoms with E-state index in [0.717, 1.165) is 12.1 Å². The average molecular weight is 271 g/mol. The van der Waals surface area contributed by atoms with E-state index in [0.29, 0.717) is 11.3 Å². The predicted molar refractivity (Wildman–Crippen MR) is 61.1 cm³/mol. The largest absolute Gasteiger partial charge is 0.416 e. The highest BCUT2D eigenvalue weighted by Gasteiger charge is 2.30. The molecule has 7 heteroatoms. The topological polar surface area (TPSA) is 50.9 Å². The molecule has 19 heavy (non-hydrogen) atoms. The van der Waals surface area contributed by atoms with Crippen LogP contribution in [0.4, 0.5) is 13.2 Å². The fraction of sp³-hybridized carbons (Fsp3) is 0.333. The number of rotatable bonds is 3. The number of aryl methyl sites for hydroxylation is 1. The molecule has 2 rings (SSSR count). The van der Waals surface area contributed by atoms with Crippen LogP contribution in [0.5, 0.6) is 0 Å². The van der Waals surface area contributed by atoms with E-state index in [1.165, 1.54) is 23.0 Å². The molecule has 4 nitrogen and oxygen atoms in total. The second kappa shape index (κ2) is 5.00. The Morgan fingerprint density at radius 3 is 2.37 bits per heavy atom. The van der Waals surface area contributed by atoms with Crippen LogP contribution in [-0.2, 0) is 19.6 Å². The molecule has 0 saturated heterocycles. The Labute approximate surface area is 107 Å². The summed E-state index contributed by atoms with van der Waals surface area (Å²) in [5.74, 6) is 0. The van der Waals surface area contributed by atoms with E-state index in [9.17, 15) is 18.3 Å². The Kier molecular flexibility index (Phi) is 3.57. The van der Waals surface area contributed by atoms with Gasteiger partial charge in [-0.15, -0.1) is 5.10 Å². The molecule has 0 bridgehead atoms. The maximum atomic E-state index is 12.4. The van der Waals surface area contributed by atoms with Gasteiger partial charge in [-0.05, 0) is 17.7 Å². The maximum absolute atomic E-state index is 12.4. The molecular weight excluding hydrogens is 259 g/mol. The van der Waals surface area contributed by atoms with Crippen LogP contribution in [0.1, 0.15) is 22.9 Å². The lowest BCUT2D eigenvalue weighted by Crippen LogP contribution is -2.09. The molecule has 0 aliphatic carbocycles. The van der Waals surface area contributed by atoms with E-state index in [1.54, 1.807) is 7.05 Å². The van der Waals surface area contributed by atoms with Crippen LogP contribution in [0.2, 0.25) is 0 Å². The number of aromatic nitrogens is 3. The van der Waals surface area contributed by atoms with Gasteiger partial charge in [0.05, 0.1) is 17.5 Å². The number of hydrogen-bond acceptors (Lipinski definition) is 3. The zero-order valence-corrected chi connectivity index (χ0v) is 10.1. The molecule has 2 aromatic rings. The van der Waals surface area contributed by atoms with Gasteiger partial charge in [-0.1, -0.05) is 17.3 Å². The Balaban J connectivity index is 2.10. The molecule has 1 atom stereocenters. The molecule has 1 unspecified atom stereocenters. The van der Waals surface area contributed by atoms with E-state index < -0.39 is 17.8 Å². The first-order valence-corrected chi connectivity index (χ1v) is 5.56. The number of aliphatic hydroxyl groups is 1. The fourth-order valence-corrected chi connectivity index (χ4v) is 1.76. The number of nitrogens with zero attached hydrogens (tertiary/aromatic N) is 3. The van der Waals surface area contributed by atoms with Crippen LogP contribution in [0.3, 0.4) is 0 Å². The van der Waals surface area contributed by atoms with Crippen molar-refractivity contribution in [1.29, 1.82) is 0 Å². The Morgan fingerprint density at radius 2 is 1.89 bits per heavy atom. The van der Waals surface area contributed by atoms with Crippen LogP contribution in [-0.4, -0.2) is 20.1 Å². The molecule has 0 spiro atoms. The highest BCUT2D eigenvalue weighted by atomic mass is 19.4. The van der Waals surface area contributed by atoms with Gasteiger partial charge in [0.1, 0.15) is 6.10 Å². The number of benzene rings is 1. The molecule has 102 valence electrons. The monoisotopic (exact) mass is 271 g/mol. The van der Waals surface area contributed by atoms with E-state index >= 15 is 0 Å². The first-order valence-electron chi connectivity index (χ1n) is 5.56. The van der Waals surface area contributed by atoms with Gasteiger partial charge < -0.3 is 5.11 Å². The predicted octanol–water partition coefficient (Wildman–Crippen LogP) is 2.11. The van der Waals surface area contributed by atoms with Crippen molar-refractivity contribution in [2.24, 2.45) is 7.05 Å². The summed E-state index contributed by atoms with van der Waals surface area (Å²) in [6.45, 7) is 0. The Morgan fingerprint density at radius 1 is 1.26 bits per heavy atom. The highest BCUT2D eigenvalue weighted by Crippen LogP contribution is 2.29. The van der Waals surface area contributed by atoms with E-state index in [2.05, 4.69) is 10.3 Å². The van der Waals surface area contributed by atoms with Crippen molar-refractivity contribution >= 4 is 0 Å². The van der Waals surface area contributed by atoms with Gasteiger partial charge >= 0.3 is 6.18 Å². The van der Waals surface area contributed by atoms with Gasteiger partial charge in [0.2, 0.25) is 0 Å². The van der Waals surface area contributed by atoms with Crippen molar-refractivity contribution in [2.75, 3.05) is 0 Å². The zero-order chi connectivity index (χ0) is 14.0. The van der Waals surface area contributed by atoms with Crippen LogP contribution < -0.4 is 0 Å². The van der Waals surface area contributed by atoms with Gasteiger partial charge in [-0.3, -0.25) is 0 Å². The summed E-state index contributed by atoms with van der Waals surface area (Å²) in [7, 11) is 1.64. The van der Waals surface area contributed by atoms with Gasteiger partial charge in [0.25, 0.3) is 0 Å². The van der Waals surface area contributed by atoms with Crippen LogP contribution >= 0.6 is 0 Å². The summed E-state index contributed by atoms with van der Waals surface area (Å²) < 4.78 is 38.6. The van der Waals surface area contributed by atoms with E-state index in [4.69, 9.17) is 0 Å². The number of hydrogen-bond donors (Lipinski definition) is 1. The second-order valence-electron chi connectivity index (χ2n) is 4.20. The lowest BCUT2D eigenvalue weighted by atomic mass is 10.0. The van der Waals surface area contributed by atoms with Gasteiger partial charge in [0.15, 0.2) is 0 Å². The number of halogens is 3. The first kappa shape index (κ1) is 13.5. The summed E-state index contributed by atoms with van der Waals surface area (Å²) in [6.07, 6.45) is -3.56.